The van der Waals surface area contributed by atoms with Gasteiger partial charge >= 0.3 is 0 Å². The number of morpholine rings is 1. The molecule has 7 heteroatoms. The van der Waals surface area contributed by atoms with Crippen LogP contribution in [0.4, 0.5) is 0 Å². The fourth-order valence-electron chi connectivity index (χ4n) is 3.96. The van der Waals surface area contributed by atoms with Crippen LogP contribution in [0.2, 0.25) is 0 Å². The lowest BCUT2D eigenvalue weighted by Gasteiger charge is -2.28. The van der Waals surface area contributed by atoms with Crippen molar-refractivity contribution in [1.82, 2.24) is 20.0 Å². The molecule has 0 spiro atoms. The van der Waals surface area contributed by atoms with Crippen molar-refractivity contribution >= 4 is 5.91 Å². The Morgan fingerprint density at radius 1 is 1.24 bits per heavy atom. The molecule has 0 aromatic carbocycles. The van der Waals surface area contributed by atoms with Crippen molar-refractivity contribution in [3.05, 3.63) is 17.5 Å². The van der Waals surface area contributed by atoms with Gasteiger partial charge in [-0.2, -0.15) is 5.10 Å². The summed E-state index contributed by atoms with van der Waals surface area (Å²) in [6.45, 7) is 5.91. The van der Waals surface area contributed by atoms with Crippen molar-refractivity contribution in [2.45, 2.75) is 57.4 Å². The topological polar surface area (TPSA) is 68.6 Å². The van der Waals surface area contributed by atoms with Gasteiger partial charge in [0.25, 0.3) is 0 Å². The number of hydrogen-bond donors (Lipinski definition) is 1. The predicted molar refractivity (Wildman–Crippen MR) is 92.2 cm³/mol. The Morgan fingerprint density at radius 3 is 2.96 bits per heavy atom. The van der Waals surface area contributed by atoms with Gasteiger partial charge in [0.2, 0.25) is 5.91 Å². The van der Waals surface area contributed by atoms with Crippen LogP contribution in [-0.2, 0) is 33.8 Å². The first-order chi connectivity index (χ1) is 12.3. The first kappa shape index (κ1) is 17.0. The van der Waals surface area contributed by atoms with E-state index in [0.29, 0.717) is 6.54 Å². The highest BCUT2D eigenvalue weighted by molar-refractivity contribution is 5.80. The molecule has 0 unspecified atom stereocenters. The van der Waals surface area contributed by atoms with Gasteiger partial charge in [-0.15, -0.1) is 0 Å². The van der Waals surface area contributed by atoms with Gasteiger partial charge in [0.05, 0.1) is 31.6 Å². The molecule has 0 radical (unpaired) electrons. The summed E-state index contributed by atoms with van der Waals surface area (Å²) >= 11 is 0. The Balaban J connectivity index is 1.22. The number of fused-ring (bicyclic) bond motifs is 1. The van der Waals surface area contributed by atoms with Crippen LogP contribution in [0, 0.1) is 0 Å². The van der Waals surface area contributed by atoms with Crippen LogP contribution >= 0.6 is 0 Å². The molecule has 25 heavy (non-hydrogen) atoms. The van der Waals surface area contributed by atoms with E-state index in [1.807, 2.05) is 0 Å². The average Bonchev–Trinajstić information content (AvgIpc) is 3.27. The van der Waals surface area contributed by atoms with Crippen LogP contribution < -0.4 is 5.32 Å². The summed E-state index contributed by atoms with van der Waals surface area (Å²) in [6.07, 6.45) is 5.13. The van der Waals surface area contributed by atoms with Gasteiger partial charge in [0, 0.05) is 31.9 Å². The highest BCUT2D eigenvalue weighted by atomic mass is 16.5. The molecular weight excluding hydrogens is 320 g/mol. The molecule has 2 atom stereocenters. The molecule has 0 aliphatic carbocycles. The molecule has 4 heterocycles. The predicted octanol–water partition coefficient (Wildman–Crippen LogP) is 0.715. The molecule has 1 amide bonds. The fraction of sp³-hybridized carbons (Fsp3) is 0.778. The minimum Gasteiger partial charge on any atom is -0.379 e. The Bertz CT molecular complexity index is 574. The second-order valence-corrected chi connectivity index (χ2v) is 7.26. The molecule has 3 aliphatic heterocycles. The summed E-state index contributed by atoms with van der Waals surface area (Å²) in [5.41, 5.74) is 2.24. The Kier molecular flexibility index (Phi) is 5.33. The van der Waals surface area contributed by atoms with Crippen molar-refractivity contribution in [1.29, 1.82) is 0 Å². The fourth-order valence-corrected chi connectivity index (χ4v) is 3.96. The van der Waals surface area contributed by atoms with E-state index in [4.69, 9.17) is 9.47 Å². The Labute approximate surface area is 148 Å². The zero-order valence-corrected chi connectivity index (χ0v) is 14.8. The number of aromatic nitrogens is 2. The lowest BCUT2D eigenvalue weighted by molar-refractivity contribution is -0.132. The normalized spacial score (nSPS) is 27.2. The van der Waals surface area contributed by atoms with Crippen molar-refractivity contribution < 1.29 is 14.3 Å². The quantitative estimate of drug-likeness (QED) is 0.849. The van der Waals surface area contributed by atoms with Gasteiger partial charge in [-0.25, -0.2) is 0 Å². The van der Waals surface area contributed by atoms with E-state index in [2.05, 4.69) is 26.1 Å². The molecule has 3 aliphatic rings. The summed E-state index contributed by atoms with van der Waals surface area (Å²) in [5, 5.41) is 7.59. The highest BCUT2D eigenvalue weighted by Gasteiger charge is 2.32. The second-order valence-electron chi connectivity index (χ2n) is 7.26. The Hall–Kier alpha value is -1.44. The third kappa shape index (κ3) is 4.22. The number of nitrogens with one attached hydrogen (secondary N) is 1. The maximum Gasteiger partial charge on any atom is 0.249 e. The van der Waals surface area contributed by atoms with Gasteiger partial charge in [0.1, 0.15) is 6.10 Å². The van der Waals surface area contributed by atoms with Crippen molar-refractivity contribution in [3.8, 4) is 0 Å². The van der Waals surface area contributed by atoms with E-state index < -0.39 is 0 Å². The van der Waals surface area contributed by atoms with E-state index in [-0.39, 0.29) is 18.1 Å². The minimum atomic E-state index is -0.316. The molecule has 138 valence electrons. The highest BCUT2D eigenvalue weighted by Crippen LogP contribution is 2.21. The molecule has 0 saturated carbocycles. The lowest BCUT2D eigenvalue weighted by Crippen LogP contribution is -2.41. The van der Waals surface area contributed by atoms with E-state index in [1.54, 1.807) is 0 Å². The smallest absolute Gasteiger partial charge is 0.249 e. The third-order valence-corrected chi connectivity index (χ3v) is 5.38. The summed E-state index contributed by atoms with van der Waals surface area (Å²) in [4.78, 5) is 14.8. The summed E-state index contributed by atoms with van der Waals surface area (Å²) < 4.78 is 13.4. The molecule has 1 N–H and O–H groups in total. The van der Waals surface area contributed by atoms with Gasteiger partial charge < -0.3 is 14.8 Å². The average molecular weight is 348 g/mol. The van der Waals surface area contributed by atoms with Gasteiger partial charge in [-0.1, -0.05) is 0 Å². The SMILES string of the molecule is O=C(NCc1cc2n(n1)CCCC2)[C@@H]1CC[C@H](CN2CCOCC2)O1. The molecule has 2 saturated heterocycles. The molecule has 0 bridgehead atoms. The lowest BCUT2D eigenvalue weighted by atomic mass is 10.1. The summed E-state index contributed by atoms with van der Waals surface area (Å²) in [5.74, 6) is -0.00421. The van der Waals surface area contributed by atoms with Gasteiger partial charge in [-0.3, -0.25) is 14.4 Å². The Morgan fingerprint density at radius 2 is 2.12 bits per heavy atom. The number of ether oxygens (including phenoxy) is 2. The zero-order chi connectivity index (χ0) is 17.1. The standard InChI is InChI=1S/C18H28N4O3/c23-18(19-12-14-11-15-3-1-2-6-22(15)20-14)17-5-4-16(25-17)13-21-7-9-24-10-8-21/h11,16-17H,1-10,12-13H2,(H,19,23)/t16-,17+/m1/s1. The van der Waals surface area contributed by atoms with Crippen molar-refractivity contribution in [3.63, 3.8) is 0 Å². The van der Waals surface area contributed by atoms with Gasteiger partial charge in [0.15, 0.2) is 0 Å². The van der Waals surface area contributed by atoms with Crippen LogP contribution in [0.15, 0.2) is 6.07 Å². The number of nitrogens with zero attached hydrogens (tertiary/aromatic N) is 3. The van der Waals surface area contributed by atoms with Crippen LogP contribution in [0.25, 0.3) is 0 Å². The molecule has 1 aromatic heterocycles. The minimum absolute atomic E-state index is 0.00421. The van der Waals surface area contributed by atoms with Crippen molar-refractivity contribution in [2.75, 3.05) is 32.8 Å². The second kappa shape index (κ2) is 7.85. The maximum atomic E-state index is 12.4. The third-order valence-electron chi connectivity index (χ3n) is 5.38. The first-order valence-electron chi connectivity index (χ1n) is 9.57. The summed E-state index contributed by atoms with van der Waals surface area (Å²) in [6, 6.07) is 2.12. The van der Waals surface area contributed by atoms with Crippen LogP contribution in [0.3, 0.4) is 0 Å². The summed E-state index contributed by atoms with van der Waals surface area (Å²) in [7, 11) is 0. The van der Waals surface area contributed by atoms with E-state index >= 15 is 0 Å². The molecule has 2 fully saturated rings. The molecule has 1 aromatic rings. The zero-order valence-electron chi connectivity index (χ0n) is 14.8. The maximum absolute atomic E-state index is 12.4. The van der Waals surface area contributed by atoms with Crippen LogP contribution in [0.5, 0.6) is 0 Å². The number of carbonyl (C=O) groups excluding carboxylic acids is 1. The number of amides is 1. The van der Waals surface area contributed by atoms with E-state index in [1.165, 1.54) is 18.5 Å². The number of carbonyl (C=O) groups is 1. The molecule has 4 rings (SSSR count). The number of aryl methyl sites for hydroxylation is 2. The number of hydrogen-bond acceptors (Lipinski definition) is 5. The monoisotopic (exact) mass is 348 g/mol. The van der Waals surface area contributed by atoms with Crippen LogP contribution in [-0.4, -0.2) is 65.6 Å². The van der Waals surface area contributed by atoms with E-state index in [9.17, 15) is 4.79 Å². The molecular formula is C18H28N4O3. The largest absolute Gasteiger partial charge is 0.379 e. The molecule has 7 nitrogen and oxygen atoms in total. The van der Waals surface area contributed by atoms with Crippen LogP contribution in [0.1, 0.15) is 37.1 Å². The number of rotatable bonds is 5. The van der Waals surface area contributed by atoms with E-state index in [0.717, 1.165) is 64.3 Å². The first-order valence-corrected chi connectivity index (χ1v) is 9.57. The van der Waals surface area contributed by atoms with Crippen molar-refractivity contribution in [2.24, 2.45) is 0 Å². The van der Waals surface area contributed by atoms with Gasteiger partial charge in [-0.05, 0) is 38.2 Å².